The van der Waals surface area contributed by atoms with Crippen LogP contribution in [0, 0.1) is 5.92 Å². The van der Waals surface area contributed by atoms with Gasteiger partial charge >= 0.3 is 6.03 Å². The minimum Gasteiger partial charge on any atom is -0.394 e. The summed E-state index contributed by atoms with van der Waals surface area (Å²) in [6.07, 6.45) is 2.09. The highest BCUT2D eigenvalue weighted by Crippen LogP contribution is 2.19. The zero-order valence-electron chi connectivity index (χ0n) is 14.7. The van der Waals surface area contributed by atoms with Gasteiger partial charge < -0.3 is 25.3 Å². The van der Waals surface area contributed by atoms with Crippen LogP contribution >= 0.6 is 0 Å². The smallest absolute Gasteiger partial charge is 0.317 e. The van der Waals surface area contributed by atoms with Crippen LogP contribution in [0.2, 0.25) is 0 Å². The molecule has 0 aromatic heterocycles. The second-order valence-electron chi connectivity index (χ2n) is 7.26. The van der Waals surface area contributed by atoms with Crippen molar-refractivity contribution >= 4 is 6.03 Å². The highest BCUT2D eigenvalue weighted by atomic mass is 16.3. The highest BCUT2D eigenvalue weighted by Gasteiger charge is 2.34. The topological polar surface area (TPSA) is 76.0 Å². The quantitative estimate of drug-likeness (QED) is 0.708. The number of β-amino-alcohol motifs (C(OH)–C–C–N with tert-alkyl or cyclic N) is 1. The second kappa shape index (κ2) is 8.65. The van der Waals surface area contributed by atoms with E-state index in [-0.39, 0.29) is 18.7 Å². The van der Waals surface area contributed by atoms with Crippen molar-refractivity contribution in [3.63, 3.8) is 0 Å². The fraction of sp³-hybridized carbons (Fsp3) is 0.632. The van der Waals surface area contributed by atoms with Crippen LogP contribution in [0.3, 0.4) is 0 Å². The van der Waals surface area contributed by atoms with Gasteiger partial charge in [0, 0.05) is 26.2 Å². The minimum absolute atomic E-state index is 0.0961. The Morgan fingerprint density at radius 3 is 2.80 bits per heavy atom. The van der Waals surface area contributed by atoms with E-state index in [1.165, 1.54) is 5.56 Å². The molecule has 2 amide bonds. The first kappa shape index (κ1) is 18.2. The molecule has 1 aromatic carbocycles. The van der Waals surface area contributed by atoms with Gasteiger partial charge in [0.1, 0.15) is 0 Å². The number of aliphatic hydroxyl groups is 2. The number of likely N-dealkylation sites (tertiary alicyclic amines) is 2. The second-order valence-corrected chi connectivity index (χ2v) is 7.26. The van der Waals surface area contributed by atoms with Crippen LogP contribution in [0.5, 0.6) is 0 Å². The molecule has 138 valence electrons. The fourth-order valence-corrected chi connectivity index (χ4v) is 3.86. The largest absolute Gasteiger partial charge is 0.394 e. The molecule has 2 aliphatic rings. The SMILES string of the molecule is O=C(NCC1CCN(CCc2ccccc2)C1)N1C[C@@H](O)C[C@H]1CO. The summed E-state index contributed by atoms with van der Waals surface area (Å²) in [5, 5.41) is 22.0. The molecule has 2 heterocycles. The lowest BCUT2D eigenvalue weighted by Gasteiger charge is -2.24. The van der Waals surface area contributed by atoms with E-state index in [2.05, 4.69) is 34.5 Å². The summed E-state index contributed by atoms with van der Waals surface area (Å²) in [4.78, 5) is 16.3. The van der Waals surface area contributed by atoms with E-state index in [9.17, 15) is 15.0 Å². The Balaban J connectivity index is 1.37. The zero-order chi connectivity index (χ0) is 17.6. The van der Waals surface area contributed by atoms with E-state index in [1.54, 1.807) is 4.90 Å². The number of hydrogen-bond donors (Lipinski definition) is 3. The van der Waals surface area contributed by atoms with E-state index in [0.717, 1.165) is 32.5 Å². The summed E-state index contributed by atoms with van der Waals surface area (Å²) in [5.74, 6) is 0.472. The molecule has 6 heteroatoms. The molecule has 6 nitrogen and oxygen atoms in total. The summed E-state index contributed by atoms with van der Waals surface area (Å²) in [6.45, 7) is 4.02. The van der Waals surface area contributed by atoms with Crippen LogP contribution in [0.4, 0.5) is 4.79 Å². The maximum Gasteiger partial charge on any atom is 0.317 e. The van der Waals surface area contributed by atoms with Crippen molar-refractivity contribution in [2.24, 2.45) is 5.92 Å². The predicted molar refractivity (Wildman–Crippen MR) is 96.3 cm³/mol. The third kappa shape index (κ3) is 4.93. The monoisotopic (exact) mass is 347 g/mol. The van der Waals surface area contributed by atoms with Crippen molar-refractivity contribution in [2.75, 3.05) is 39.3 Å². The molecule has 2 saturated heterocycles. The zero-order valence-corrected chi connectivity index (χ0v) is 14.7. The molecule has 25 heavy (non-hydrogen) atoms. The van der Waals surface area contributed by atoms with E-state index in [4.69, 9.17) is 0 Å². The third-order valence-corrected chi connectivity index (χ3v) is 5.34. The third-order valence-electron chi connectivity index (χ3n) is 5.34. The molecular formula is C19H29N3O3. The standard InChI is InChI=1S/C19H29N3O3/c23-14-17-10-18(24)13-22(17)19(25)20-11-16-7-9-21(12-16)8-6-15-4-2-1-3-5-15/h1-5,16-18,23-24H,6-14H2,(H,20,25)/t16?,17-,18-/m0/s1. The van der Waals surface area contributed by atoms with Gasteiger partial charge in [0.25, 0.3) is 0 Å². The van der Waals surface area contributed by atoms with Crippen LogP contribution in [-0.2, 0) is 6.42 Å². The van der Waals surface area contributed by atoms with Crippen molar-refractivity contribution in [2.45, 2.75) is 31.4 Å². The Bertz CT molecular complexity index is 554. The van der Waals surface area contributed by atoms with Gasteiger partial charge in [0.15, 0.2) is 0 Å². The van der Waals surface area contributed by atoms with Gasteiger partial charge in [0.05, 0.1) is 18.8 Å². The Morgan fingerprint density at radius 2 is 2.04 bits per heavy atom. The van der Waals surface area contributed by atoms with Gasteiger partial charge in [-0.1, -0.05) is 30.3 Å². The average molecular weight is 347 g/mol. The Hall–Kier alpha value is -1.63. The summed E-state index contributed by atoms with van der Waals surface area (Å²) in [6, 6.07) is 10.1. The molecule has 3 N–H and O–H groups in total. The predicted octanol–water partition coefficient (Wildman–Crippen LogP) is 0.688. The summed E-state index contributed by atoms with van der Waals surface area (Å²) >= 11 is 0. The first-order valence-electron chi connectivity index (χ1n) is 9.25. The molecule has 0 saturated carbocycles. The van der Waals surface area contributed by atoms with Crippen molar-refractivity contribution in [1.82, 2.24) is 15.1 Å². The summed E-state index contributed by atoms with van der Waals surface area (Å²) in [7, 11) is 0. The molecule has 0 aliphatic carbocycles. The van der Waals surface area contributed by atoms with E-state index < -0.39 is 6.10 Å². The average Bonchev–Trinajstić information content (AvgIpc) is 3.25. The molecule has 3 atom stereocenters. The van der Waals surface area contributed by atoms with Crippen LogP contribution in [0.1, 0.15) is 18.4 Å². The Morgan fingerprint density at radius 1 is 1.24 bits per heavy atom. The Kier molecular flexibility index (Phi) is 6.29. The van der Waals surface area contributed by atoms with Crippen LogP contribution in [-0.4, -0.2) is 77.5 Å². The van der Waals surface area contributed by atoms with E-state index in [1.807, 2.05) is 6.07 Å². The molecule has 1 aromatic rings. The molecule has 1 unspecified atom stereocenters. The molecule has 0 radical (unpaired) electrons. The van der Waals surface area contributed by atoms with E-state index >= 15 is 0 Å². The lowest BCUT2D eigenvalue weighted by molar-refractivity contribution is 0.154. The lowest BCUT2D eigenvalue weighted by atomic mass is 10.1. The van der Waals surface area contributed by atoms with Crippen LogP contribution < -0.4 is 5.32 Å². The summed E-state index contributed by atoms with van der Waals surface area (Å²) in [5.41, 5.74) is 1.36. The molecule has 3 rings (SSSR count). The molecule has 2 fully saturated rings. The molecule has 0 spiro atoms. The van der Waals surface area contributed by atoms with E-state index in [0.29, 0.717) is 25.4 Å². The van der Waals surface area contributed by atoms with Gasteiger partial charge in [-0.2, -0.15) is 0 Å². The first-order chi connectivity index (χ1) is 12.2. The number of aliphatic hydroxyl groups excluding tert-OH is 2. The lowest BCUT2D eigenvalue weighted by Crippen LogP contribution is -2.46. The van der Waals surface area contributed by atoms with Crippen molar-refractivity contribution in [3.05, 3.63) is 35.9 Å². The number of amides is 2. The maximum absolute atomic E-state index is 12.3. The van der Waals surface area contributed by atoms with Gasteiger partial charge in [-0.15, -0.1) is 0 Å². The minimum atomic E-state index is -0.525. The highest BCUT2D eigenvalue weighted by molar-refractivity contribution is 5.75. The van der Waals surface area contributed by atoms with Crippen molar-refractivity contribution in [3.8, 4) is 0 Å². The summed E-state index contributed by atoms with van der Waals surface area (Å²) < 4.78 is 0. The molecular weight excluding hydrogens is 318 g/mol. The normalized spacial score (nSPS) is 27.0. The van der Waals surface area contributed by atoms with Gasteiger partial charge in [-0.3, -0.25) is 0 Å². The number of urea groups is 1. The van der Waals surface area contributed by atoms with Crippen LogP contribution in [0.15, 0.2) is 30.3 Å². The number of rotatable bonds is 6. The number of nitrogens with one attached hydrogen (secondary N) is 1. The first-order valence-corrected chi connectivity index (χ1v) is 9.25. The van der Waals surface area contributed by atoms with Crippen LogP contribution in [0.25, 0.3) is 0 Å². The Labute approximate surface area is 149 Å². The molecule has 0 bridgehead atoms. The van der Waals surface area contributed by atoms with Crippen molar-refractivity contribution < 1.29 is 15.0 Å². The van der Waals surface area contributed by atoms with Gasteiger partial charge in [-0.05, 0) is 37.3 Å². The number of carbonyl (C=O) groups is 1. The number of carbonyl (C=O) groups excluding carboxylic acids is 1. The maximum atomic E-state index is 12.3. The van der Waals surface area contributed by atoms with Gasteiger partial charge in [0.2, 0.25) is 0 Å². The molecule has 2 aliphatic heterocycles. The van der Waals surface area contributed by atoms with Crippen molar-refractivity contribution in [1.29, 1.82) is 0 Å². The van der Waals surface area contributed by atoms with Gasteiger partial charge in [-0.25, -0.2) is 4.79 Å². The fourth-order valence-electron chi connectivity index (χ4n) is 3.86. The number of nitrogens with zero attached hydrogens (tertiary/aromatic N) is 2. The number of hydrogen-bond acceptors (Lipinski definition) is 4. The number of benzene rings is 1.